The number of hydrogen-bond donors (Lipinski definition) is 1. The first-order valence-electron chi connectivity index (χ1n) is 6.51. The Bertz CT molecular complexity index is 395. The molecule has 0 radical (unpaired) electrons. The van der Waals surface area contributed by atoms with Crippen LogP contribution in [0.1, 0.15) is 18.4 Å². The van der Waals surface area contributed by atoms with Gasteiger partial charge in [0.05, 0.1) is 0 Å². The summed E-state index contributed by atoms with van der Waals surface area (Å²) in [6.07, 6.45) is 3.52. The van der Waals surface area contributed by atoms with Gasteiger partial charge >= 0.3 is 0 Å². The molecule has 0 amide bonds. The molecule has 0 saturated carbocycles. The standard InChI is InChI=1S/C14H20Cl2N2/c1-18-8-2-3-13(10-18)17-7-6-11-4-5-12(15)9-14(11)16/h4-5,9,13,17H,2-3,6-8,10H2,1H3. The summed E-state index contributed by atoms with van der Waals surface area (Å²) in [4.78, 5) is 2.39. The van der Waals surface area contributed by atoms with Crippen LogP contribution in [0, 0.1) is 0 Å². The number of halogens is 2. The molecule has 18 heavy (non-hydrogen) atoms. The zero-order valence-corrected chi connectivity index (χ0v) is 12.3. The van der Waals surface area contributed by atoms with E-state index in [-0.39, 0.29) is 0 Å². The summed E-state index contributed by atoms with van der Waals surface area (Å²) in [5.74, 6) is 0. The van der Waals surface area contributed by atoms with E-state index in [0.29, 0.717) is 11.1 Å². The molecular formula is C14H20Cl2N2. The number of benzene rings is 1. The van der Waals surface area contributed by atoms with E-state index in [1.807, 2.05) is 18.2 Å². The van der Waals surface area contributed by atoms with E-state index in [1.165, 1.54) is 19.4 Å². The van der Waals surface area contributed by atoms with Crippen LogP contribution < -0.4 is 5.32 Å². The second kappa shape index (κ2) is 6.76. The van der Waals surface area contributed by atoms with Gasteiger partial charge in [0.1, 0.15) is 0 Å². The number of hydrogen-bond acceptors (Lipinski definition) is 2. The number of piperidine rings is 1. The number of likely N-dealkylation sites (tertiary alicyclic amines) is 1. The van der Waals surface area contributed by atoms with Gasteiger partial charge in [-0.25, -0.2) is 0 Å². The van der Waals surface area contributed by atoms with Crippen LogP contribution in [-0.4, -0.2) is 37.6 Å². The van der Waals surface area contributed by atoms with Gasteiger partial charge in [0.25, 0.3) is 0 Å². The highest BCUT2D eigenvalue weighted by atomic mass is 35.5. The lowest BCUT2D eigenvalue weighted by Gasteiger charge is -2.30. The molecule has 1 unspecified atom stereocenters. The van der Waals surface area contributed by atoms with Crippen LogP contribution in [0.2, 0.25) is 10.0 Å². The van der Waals surface area contributed by atoms with Crippen molar-refractivity contribution >= 4 is 23.2 Å². The molecule has 0 aromatic heterocycles. The van der Waals surface area contributed by atoms with Crippen molar-refractivity contribution in [2.45, 2.75) is 25.3 Å². The third-order valence-corrected chi connectivity index (χ3v) is 4.05. The van der Waals surface area contributed by atoms with Crippen molar-refractivity contribution in [3.63, 3.8) is 0 Å². The van der Waals surface area contributed by atoms with Gasteiger partial charge in [-0.05, 0) is 57.1 Å². The summed E-state index contributed by atoms with van der Waals surface area (Å²) >= 11 is 12.0. The van der Waals surface area contributed by atoms with Gasteiger partial charge in [0, 0.05) is 22.6 Å². The topological polar surface area (TPSA) is 15.3 Å². The second-order valence-corrected chi connectivity index (χ2v) is 5.88. The third-order valence-electron chi connectivity index (χ3n) is 3.47. The lowest BCUT2D eigenvalue weighted by Crippen LogP contribution is -2.44. The quantitative estimate of drug-likeness (QED) is 0.914. The normalized spacial score (nSPS) is 21.2. The van der Waals surface area contributed by atoms with Crippen molar-refractivity contribution in [3.05, 3.63) is 33.8 Å². The fourth-order valence-electron chi connectivity index (χ4n) is 2.47. The number of nitrogens with zero attached hydrogens (tertiary/aromatic N) is 1. The minimum atomic E-state index is 0.620. The predicted octanol–water partition coefficient (Wildman–Crippen LogP) is 3.22. The molecule has 2 rings (SSSR count). The highest BCUT2D eigenvalue weighted by molar-refractivity contribution is 6.35. The average molecular weight is 287 g/mol. The molecule has 1 saturated heterocycles. The van der Waals surface area contributed by atoms with Gasteiger partial charge in [0.15, 0.2) is 0 Å². The van der Waals surface area contributed by atoms with Gasteiger partial charge in [-0.3, -0.25) is 0 Å². The summed E-state index contributed by atoms with van der Waals surface area (Å²) in [5, 5.41) is 5.08. The average Bonchev–Trinajstić information content (AvgIpc) is 2.32. The van der Waals surface area contributed by atoms with Gasteiger partial charge in [-0.2, -0.15) is 0 Å². The van der Waals surface area contributed by atoms with Crippen molar-refractivity contribution in [2.24, 2.45) is 0 Å². The van der Waals surface area contributed by atoms with Crippen molar-refractivity contribution in [3.8, 4) is 0 Å². The van der Waals surface area contributed by atoms with Crippen LogP contribution in [0.4, 0.5) is 0 Å². The molecular weight excluding hydrogens is 267 g/mol. The summed E-state index contributed by atoms with van der Waals surface area (Å²) in [7, 11) is 2.18. The fourth-order valence-corrected chi connectivity index (χ4v) is 2.97. The zero-order chi connectivity index (χ0) is 13.0. The molecule has 1 heterocycles. The van der Waals surface area contributed by atoms with Crippen LogP contribution in [-0.2, 0) is 6.42 Å². The maximum atomic E-state index is 6.15. The van der Waals surface area contributed by atoms with E-state index in [9.17, 15) is 0 Å². The summed E-state index contributed by atoms with van der Waals surface area (Å²) in [6.45, 7) is 3.34. The molecule has 2 nitrogen and oxygen atoms in total. The molecule has 1 aromatic carbocycles. The Morgan fingerprint density at radius 2 is 2.22 bits per heavy atom. The van der Waals surface area contributed by atoms with E-state index in [4.69, 9.17) is 23.2 Å². The van der Waals surface area contributed by atoms with Crippen LogP contribution >= 0.6 is 23.2 Å². The van der Waals surface area contributed by atoms with Crippen LogP contribution in [0.5, 0.6) is 0 Å². The first kappa shape index (κ1) is 14.1. The summed E-state index contributed by atoms with van der Waals surface area (Å²) in [6, 6.07) is 6.35. The first-order valence-corrected chi connectivity index (χ1v) is 7.26. The van der Waals surface area contributed by atoms with E-state index < -0.39 is 0 Å². The SMILES string of the molecule is CN1CCCC(NCCc2ccc(Cl)cc2Cl)C1. The van der Waals surface area contributed by atoms with Crippen LogP contribution in [0.25, 0.3) is 0 Å². The molecule has 0 spiro atoms. The Labute approximate surface area is 119 Å². The monoisotopic (exact) mass is 286 g/mol. The lowest BCUT2D eigenvalue weighted by molar-refractivity contribution is 0.228. The highest BCUT2D eigenvalue weighted by Crippen LogP contribution is 2.21. The number of rotatable bonds is 4. The number of nitrogens with one attached hydrogen (secondary N) is 1. The third kappa shape index (κ3) is 4.13. The Morgan fingerprint density at radius 1 is 1.39 bits per heavy atom. The second-order valence-electron chi connectivity index (χ2n) is 5.04. The fraction of sp³-hybridized carbons (Fsp3) is 0.571. The molecule has 1 aromatic rings. The van der Waals surface area contributed by atoms with Crippen molar-refractivity contribution < 1.29 is 0 Å². The Morgan fingerprint density at radius 3 is 2.94 bits per heavy atom. The number of likely N-dealkylation sites (N-methyl/N-ethyl adjacent to an activating group) is 1. The Hall–Kier alpha value is -0.280. The van der Waals surface area contributed by atoms with Gasteiger partial charge < -0.3 is 10.2 Å². The molecule has 1 atom stereocenters. The molecule has 1 aliphatic rings. The zero-order valence-electron chi connectivity index (χ0n) is 10.8. The summed E-state index contributed by atoms with van der Waals surface area (Å²) in [5.41, 5.74) is 1.16. The molecule has 1 aliphatic heterocycles. The Kier molecular flexibility index (Phi) is 5.31. The molecule has 0 bridgehead atoms. The van der Waals surface area contributed by atoms with E-state index in [1.54, 1.807) is 0 Å². The van der Waals surface area contributed by atoms with Crippen molar-refractivity contribution in [1.29, 1.82) is 0 Å². The van der Waals surface area contributed by atoms with E-state index >= 15 is 0 Å². The molecule has 1 fully saturated rings. The molecule has 0 aliphatic carbocycles. The predicted molar refractivity (Wildman–Crippen MR) is 78.7 cm³/mol. The van der Waals surface area contributed by atoms with Crippen molar-refractivity contribution in [2.75, 3.05) is 26.7 Å². The molecule has 1 N–H and O–H groups in total. The lowest BCUT2D eigenvalue weighted by atomic mass is 10.1. The minimum Gasteiger partial charge on any atom is -0.312 e. The first-order chi connectivity index (χ1) is 8.65. The van der Waals surface area contributed by atoms with Gasteiger partial charge in [-0.1, -0.05) is 29.3 Å². The maximum Gasteiger partial charge on any atom is 0.0453 e. The minimum absolute atomic E-state index is 0.620. The van der Waals surface area contributed by atoms with E-state index in [0.717, 1.165) is 30.1 Å². The maximum absolute atomic E-state index is 6.15. The van der Waals surface area contributed by atoms with Crippen molar-refractivity contribution in [1.82, 2.24) is 10.2 Å². The van der Waals surface area contributed by atoms with Gasteiger partial charge in [0.2, 0.25) is 0 Å². The molecule has 4 heteroatoms. The Balaban J connectivity index is 1.77. The van der Waals surface area contributed by atoms with Crippen LogP contribution in [0.15, 0.2) is 18.2 Å². The largest absolute Gasteiger partial charge is 0.312 e. The van der Waals surface area contributed by atoms with E-state index in [2.05, 4.69) is 17.3 Å². The smallest absolute Gasteiger partial charge is 0.0453 e. The van der Waals surface area contributed by atoms with Gasteiger partial charge in [-0.15, -0.1) is 0 Å². The summed E-state index contributed by atoms with van der Waals surface area (Å²) < 4.78 is 0. The molecule has 100 valence electrons. The van der Waals surface area contributed by atoms with Crippen LogP contribution in [0.3, 0.4) is 0 Å². The highest BCUT2D eigenvalue weighted by Gasteiger charge is 2.16.